The zero-order valence-corrected chi connectivity index (χ0v) is 14.8. The molecule has 2 aliphatic carbocycles. The molecule has 1 amide bonds. The summed E-state index contributed by atoms with van der Waals surface area (Å²) in [6.45, 7) is 4.76. The third-order valence-electron chi connectivity index (χ3n) is 5.51. The van der Waals surface area contributed by atoms with E-state index >= 15 is 0 Å². The summed E-state index contributed by atoms with van der Waals surface area (Å²) in [5.74, 6) is 1.38. The molecule has 0 aromatic heterocycles. The van der Waals surface area contributed by atoms with Crippen LogP contribution in [-0.4, -0.2) is 56.2 Å². The van der Waals surface area contributed by atoms with Crippen LogP contribution in [0.3, 0.4) is 0 Å². The minimum absolute atomic E-state index is 0.0288. The maximum Gasteiger partial charge on any atom is 0.223 e. The summed E-state index contributed by atoms with van der Waals surface area (Å²) < 4.78 is 31.9. The van der Waals surface area contributed by atoms with E-state index in [2.05, 4.69) is 5.32 Å². The number of nitrogens with one attached hydrogen (secondary N) is 1. The van der Waals surface area contributed by atoms with Gasteiger partial charge in [-0.25, -0.2) is 8.42 Å². The fourth-order valence-electron chi connectivity index (χ4n) is 4.49. The van der Waals surface area contributed by atoms with Crippen molar-refractivity contribution < 1.29 is 17.9 Å². The minimum Gasteiger partial charge on any atom is -0.373 e. The normalized spacial score (nSPS) is 37.9. The van der Waals surface area contributed by atoms with Gasteiger partial charge in [0.25, 0.3) is 0 Å². The zero-order chi connectivity index (χ0) is 16.6. The molecule has 0 spiro atoms. The highest BCUT2D eigenvalue weighted by atomic mass is 32.2. The van der Waals surface area contributed by atoms with Gasteiger partial charge in [0.15, 0.2) is 0 Å². The molecule has 1 N–H and O–H groups in total. The van der Waals surface area contributed by atoms with Gasteiger partial charge in [-0.3, -0.25) is 4.79 Å². The molecule has 132 valence electrons. The monoisotopic (exact) mass is 344 g/mol. The molecule has 0 aromatic carbocycles. The van der Waals surface area contributed by atoms with Gasteiger partial charge in [0.1, 0.15) is 0 Å². The summed E-state index contributed by atoms with van der Waals surface area (Å²) in [6, 6.07) is 0. The van der Waals surface area contributed by atoms with Crippen molar-refractivity contribution in [2.24, 2.45) is 17.8 Å². The first-order chi connectivity index (χ1) is 10.8. The maximum atomic E-state index is 12.4. The Kier molecular flexibility index (Phi) is 4.99. The number of sulfonamides is 1. The van der Waals surface area contributed by atoms with E-state index in [9.17, 15) is 13.2 Å². The average molecular weight is 344 g/mol. The molecule has 0 aromatic rings. The van der Waals surface area contributed by atoms with E-state index in [1.54, 1.807) is 0 Å². The third kappa shape index (κ3) is 3.88. The zero-order valence-electron chi connectivity index (χ0n) is 14.0. The van der Waals surface area contributed by atoms with Crippen LogP contribution in [0.25, 0.3) is 0 Å². The molecule has 6 nitrogen and oxygen atoms in total. The first-order valence-corrected chi connectivity index (χ1v) is 10.4. The lowest BCUT2D eigenvalue weighted by atomic mass is 9.88. The van der Waals surface area contributed by atoms with E-state index in [1.807, 2.05) is 13.8 Å². The Labute approximate surface area is 139 Å². The fraction of sp³-hybridized carbons (Fsp3) is 0.938. The van der Waals surface area contributed by atoms with E-state index in [0.29, 0.717) is 19.0 Å². The number of carbonyl (C=O) groups excluding carboxylic acids is 1. The Morgan fingerprint density at radius 1 is 1.17 bits per heavy atom. The average Bonchev–Trinajstić information content (AvgIpc) is 3.08. The lowest BCUT2D eigenvalue weighted by molar-refractivity contribution is -0.126. The van der Waals surface area contributed by atoms with Crippen molar-refractivity contribution in [2.75, 3.05) is 25.4 Å². The van der Waals surface area contributed by atoms with Crippen molar-refractivity contribution in [1.82, 2.24) is 9.62 Å². The van der Waals surface area contributed by atoms with Crippen molar-refractivity contribution in [3.8, 4) is 0 Å². The number of carbonyl (C=O) groups is 1. The van der Waals surface area contributed by atoms with E-state index < -0.39 is 10.0 Å². The Bertz CT molecular complexity index is 540. The molecule has 1 saturated heterocycles. The predicted octanol–water partition coefficient (Wildman–Crippen LogP) is 0.978. The quantitative estimate of drug-likeness (QED) is 0.807. The summed E-state index contributed by atoms with van der Waals surface area (Å²) in [6.07, 6.45) is 4.41. The van der Waals surface area contributed by atoms with Crippen molar-refractivity contribution >= 4 is 15.9 Å². The summed E-state index contributed by atoms with van der Waals surface area (Å²) >= 11 is 0. The molecule has 3 fully saturated rings. The number of amides is 1. The smallest absolute Gasteiger partial charge is 0.223 e. The maximum absolute atomic E-state index is 12.4. The fourth-order valence-corrected chi connectivity index (χ4v) is 5.98. The number of fused-ring (bicyclic) bond motifs is 2. The second-order valence-electron chi connectivity index (χ2n) is 7.46. The lowest BCUT2D eigenvalue weighted by Gasteiger charge is -2.34. The van der Waals surface area contributed by atoms with Crippen LogP contribution in [0.2, 0.25) is 0 Å². The van der Waals surface area contributed by atoms with Gasteiger partial charge in [0.05, 0.1) is 18.0 Å². The number of nitrogens with zero attached hydrogens (tertiary/aromatic N) is 1. The SMILES string of the molecule is CC1CN(S(=O)(=O)CCNC(=O)C2CC3CCC2C3)CC(C)O1. The van der Waals surface area contributed by atoms with Crippen LogP contribution in [-0.2, 0) is 19.6 Å². The lowest BCUT2D eigenvalue weighted by Crippen LogP contribution is -2.50. The Morgan fingerprint density at radius 2 is 1.87 bits per heavy atom. The van der Waals surface area contributed by atoms with Gasteiger partial charge in [0.2, 0.25) is 15.9 Å². The standard InChI is InChI=1S/C16H28N2O4S/c1-11-9-18(10-12(2)22-11)23(20,21)6-5-17-16(19)15-8-13-3-4-14(15)7-13/h11-15H,3-10H2,1-2H3,(H,17,19). The summed E-state index contributed by atoms with van der Waals surface area (Å²) in [5.41, 5.74) is 0. The molecule has 2 bridgehead atoms. The molecule has 5 atom stereocenters. The van der Waals surface area contributed by atoms with Crippen LogP contribution in [0.1, 0.15) is 39.5 Å². The topological polar surface area (TPSA) is 75.7 Å². The second-order valence-corrected chi connectivity index (χ2v) is 9.55. The number of morpholine rings is 1. The summed E-state index contributed by atoms with van der Waals surface area (Å²) in [4.78, 5) is 12.3. The molecule has 3 rings (SSSR count). The molecule has 7 heteroatoms. The Hall–Kier alpha value is -0.660. The van der Waals surface area contributed by atoms with Gasteiger partial charge < -0.3 is 10.1 Å². The van der Waals surface area contributed by atoms with E-state index in [4.69, 9.17) is 4.74 Å². The van der Waals surface area contributed by atoms with Crippen molar-refractivity contribution in [1.29, 1.82) is 0 Å². The first-order valence-electron chi connectivity index (χ1n) is 8.76. The first kappa shape index (κ1) is 17.2. The van der Waals surface area contributed by atoms with Crippen LogP contribution in [0.4, 0.5) is 0 Å². The van der Waals surface area contributed by atoms with Gasteiger partial charge in [-0.15, -0.1) is 0 Å². The van der Waals surface area contributed by atoms with Gasteiger partial charge in [-0.2, -0.15) is 4.31 Å². The largest absolute Gasteiger partial charge is 0.373 e. The third-order valence-corrected chi connectivity index (χ3v) is 7.32. The van der Waals surface area contributed by atoms with Crippen LogP contribution >= 0.6 is 0 Å². The van der Waals surface area contributed by atoms with Crippen molar-refractivity contribution in [2.45, 2.75) is 51.7 Å². The van der Waals surface area contributed by atoms with Gasteiger partial charge in [-0.05, 0) is 44.9 Å². The van der Waals surface area contributed by atoms with Gasteiger partial charge >= 0.3 is 0 Å². The van der Waals surface area contributed by atoms with Crippen LogP contribution in [0.15, 0.2) is 0 Å². The molecule has 1 heterocycles. The molecular weight excluding hydrogens is 316 g/mol. The summed E-state index contributed by atoms with van der Waals surface area (Å²) in [5, 5.41) is 2.85. The molecule has 2 saturated carbocycles. The number of ether oxygens (including phenoxy) is 1. The van der Waals surface area contributed by atoms with Crippen LogP contribution in [0, 0.1) is 17.8 Å². The molecule has 3 aliphatic rings. The minimum atomic E-state index is -3.34. The highest BCUT2D eigenvalue weighted by Gasteiger charge is 2.43. The molecule has 1 aliphatic heterocycles. The van der Waals surface area contributed by atoms with E-state index in [0.717, 1.165) is 18.8 Å². The van der Waals surface area contributed by atoms with Gasteiger partial charge in [-0.1, -0.05) is 6.42 Å². The van der Waals surface area contributed by atoms with Gasteiger partial charge in [0, 0.05) is 25.6 Å². The number of hydrogen-bond donors (Lipinski definition) is 1. The Balaban J connectivity index is 1.46. The second kappa shape index (κ2) is 6.69. The molecule has 23 heavy (non-hydrogen) atoms. The van der Waals surface area contributed by atoms with Crippen molar-refractivity contribution in [3.63, 3.8) is 0 Å². The number of hydrogen-bond acceptors (Lipinski definition) is 4. The highest BCUT2D eigenvalue weighted by Crippen LogP contribution is 2.48. The van der Waals surface area contributed by atoms with E-state index in [1.165, 1.54) is 17.1 Å². The van der Waals surface area contributed by atoms with Crippen molar-refractivity contribution in [3.05, 3.63) is 0 Å². The summed E-state index contributed by atoms with van der Waals surface area (Å²) in [7, 11) is -3.34. The van der Waals surface area contributed by atoms with Crippen LogP contribution in [0.5, 0.6) is 0 Å². The van der Waals surface area contributed by atoms with Crippen LogP contribution < -0.4 is 5.32 Å². The van der Waals surface area contributed by atoms with E-state index in [-0.39, 0.29) is 36.3 Å². The molecule has 5 unspecified atom stereocenters. The predicted molar refractivity (Wildman–Crippen MR) is 87.3 cm³/mol. The molecule has 0 radical (unpaired) electrons. The molecular formula is C16H28N2O4S. The number of rotatable bonds is 5. The Morgan fingerprint density at radius 3 is 2.43 bits per heavy atom. The highest BCUT2D eigenvalue weighted by molar-refractivity contribution is 7.89.